The highest BCUT2D eigenvalue weighted by Crippen LogP contribution is 2.44. The van der Waals surface area contributed by atoms with E-state index in [1.807, 2.05) is 30.3 Å². The number of rotatable bonds is 3. The monoisotopic (exact) mass is 392 g/mol. The van der Waals surface area contributed by atoms with Crippen LogP contribution in [-0.4, -0.2) is 54.6 Å². The molecule has 0 spiro atoms. The molecule has 0 bridgehead atoms. The van der Waals surface area contributed by atoms with Crippen LogP contribution in [0, 0.1) is 0 Å². The standard InChI is InChI=1S/C21H20N4O4/c1-3-15-17(28-11-26-15)9-13(1)20-19-14(2-4-16-21(19)29-12-27-16)23-18(24-20)10-25-7-5-22-6-8-25/h1-4,9,22H,5-8,10-12H2. The summed E-state index contributed by atoms with van der Waals surface area (Å²) in [7, 11) is 0. The van der Waals surface area contributed by atoms with E-state index >= 15 is 0 Å². The molecule has 8 heteroatoms. The lowest BCUT2D eigenvalue weighted by Crippen LogP contribution is -2.43. The van der Waals surface area contributed by atoms with Crippen molar-refractivity contribution < 1.29 is 18.9 Å². The first-order chi connectivity index (χ1) is 14.3. The minimum atomic E-state index is 0.206. The van der Waals surface area contributed by atoms with Gasteiger partial charge >= 0.3 is 0 Å². The molecular formula is C21H20N4O4. The van der Waals surface area contributed by atoms with E-state index in [4.69, 9.17) is 28.9 Å². The van der Waals surface area contributed by atoms with Crippen molar-refractivity contribution in [1.82, 2.24) is 20.2 Å². The molecule has 8 nitrogen and oxygen atoms in total. The Morgan fingerprint density at radius 3 is 2.59 bits per heavy atom. The average molecular weight is 392 g/mol. The summed E-state index contributed by atoms with van der Waals surface area (Å²) in [5.41, 5.74) is 2.61. The van der Waals surface area contributed by atoms with Crippen LogP contribution in [0.1, 0.15) is 5.82 Å². The smallest absolute Gasteiger partial charge is 0.231 e. The predicted molar refractivity (Wildman–Crippen MR) is 105 cm³/mol. The number of piperazine rings is 1. The number of ether oxygens (including phenoxy) is 4. The molecule has 1 fully saturated rings. The molecule has 1 N–H and O–H groups in total. The van der Waals surface area contributed by atoms with Crippen LogP contribution < -0.4 is 24.3 Å². The van der Waals surface area contributed by atoms with Crippen molar-refractivity contribution in [3.63, 3.8) is 0 Å². The molecule has 3 aliphatic heterocycles. The first kappa shape index (κ1) is 16.8. The van der Waals surface area contributed by atoms with E-state index in [1.54, 1.807) is 0 Å². The van der Waals surface area contributed by atoms with Crippen molar-refractivity contribution in [1.29, 1.82) is 0 Å². The maximum Gasteiger partial charge on any atom is 0.231 e. The van der Waals surface area contributed by atoms with E-state index in [0.717, 1.165) is 71.4 Å². The third-order valence-corrected chi connectivity index (χ3v) is 5.47. The molecule has 3 aromatic rings. The molecule has 0 saturated carbocycles. The SMILES string of the molecule is c1cc2c(cc1-c1nc(CN3CCNCC3)nc3ccc4c(c13)OCO4)OCO2. The molecule has 3 aliphatic rings. The summed E-state index contributed by atoms with van der Waals surface area (Å²) < 4.78 is 22.4. The van der Waals surface area contributed by atoms with E-state index in [9.17, 15) is 0 Å². The Kier molecular flexibility index (Phi) is 3.92. The molecule has 1 saturated heterocycles. The molecule has 1 aromatic heterocycles. The van der Waals surface area contributed by atoms with Gasteiger partial charge in [0.1, 0.15) is 5.82 Å². The average Bonchev–Trinajstić information content (AvgIpc) is 3.42. The van der Waals surface area contributed by atoms with Gasteiger partial charge in [0.25, 0.3) is 0 Å². The lowest BCUT2D eigenvalue weighted by molar-refractivity contribution is 0.174. The fourth-order valence-corrected chi connectivity index (χ4v) is 4.03. The zero-order valence-corrected chi connectivity index (χ0v) is 15.8. The van der Waals surface area contributed by atoms with Crippen LogP contribution in [0.5, 0.6) is 23.0 Å². The van der Waals surface area contributed by atoms with Gasteiger partial charge in [0, 0.05) is 31.7 Å². The number of hydrogen-bond donors (Lipinski definition) is 1. The summed E-state index contributed by atoms with van der Waals surface area (Å²) >= 11 is 0. The summed E-state index contributed by atoms with van der Waals surface area (Å²) in [4.78, 5) is 12.2. The molecule has 0 radical (unpaired) electrons. The molecule has 2 aromatic carbocycles. The zero-order chi connectivity index (χ0) is 19.2. The highest BCUT2D eigenvalue weighted by molar-refractivity contribution is 5.99. The number of fused-ring (bicyclic) bond motifs is 4. The van der Waals surface area contributed by atoms with Crippen molar-refractivity contribution in [2.75, 3.05) is 39.8 Å². The molecule has 0 atom stereocenters. The number of aromatic nitrogens is 2. The Morgan fingerprint density at radius 1 is 0.862 bits per heavy atom. The molecular weight excluding hydrogens is 372 g/mol. The van der Waals surface area contributed by atoms with Gasteiger partial charge in [-0.05, 0) is 30.3 Å². The molecule has 6 rings (SSSR count). The molecule has 148 valence electrons. The Hall–Kier alpha value is -3.10. The summed E-state index contributed by atoms with van der Waals surface area (Å²) in [6.45, 7) is 5.11. The number of hydrogen-bond acceptors (Lipinski definition) is 8. The highest BCUT2D eigenvalue weighted by Gasteiger charge is 2.24. The summed E-state index contributed by atoms with van der Waals surface area (Å²) in [6.07, 6.45) is 0. The van der Waals surface area contributed by atoms with Crippen LogP contribution in [-0.2, 0) is 6.54 Å². The van der Waals surface area contributed by atoms with Crippen LogP contribution >= 0.6 is 0 Å². The van der Waals surface area contributed by atoms with Gasteiger partial charge in [-0.3, -0.25) is 4.90 Å². The van der Waals surface area contributed by atoms with Crippen LogP contribution in [0.2, 0.25) is 0 Å². The van der Waals surface area contributed by atoms with Crippen LogP contribution in [0.25, 0.3) is 22.2 Å². The van der Waals surface area contributed by atoms with Crippen molar-refractivity contribution in [3.8, 4) is 34.3 Å². The maximum absolute atomic E-state index is 5.78. The molecule has 0 amide bonds. The number of benzene rings is 2. The molecule has 0 unspecified atom stereocenters. The fraction of sp³-hybridized carbons (Fsp3) is 0.333. The van der Waals surface area contributed by atoms with Crippen molar-refractivity contribution in [3.05, 3.63) is 36.2 Å². The summed E-state index contributed by atoms with van der Waals surface area (Å²) in [6, 6.07) is 9.77. The first-order valence-corrected chi connectivity index (χ1v) is 9.77. The highest BCUT2D eigenvalue weighted by atomic mass is 16.7. The van der Waals surface area contributed by atoms with Gasteiger partial charge in [0.05, 0.1) is 23.1 Å². The van der Waals surface area contributed by atoms with E-state index in [2.05, 4.69) is 10.2 Å². The summed E-state index contributed by atoms with van der Waals surface area (Å²) in [5.74, 6) is 3.69. The largest absolute Gasteiger partial charge is 0.454 e. The fourth-order valence-electron chi connectivity index (χ4n) is 4.03. The Bertz CT molecular complexity index is 1100. The minimum Gasteiger partial charge on any atom is -0.454 e. The van der Waals surface area contributed by atoms with Gasteiger partial charge in [-0.15, -0.1) is 0 Å². The van der Waals surface area contributed by atoms with Crippen molar-refractivity contribution in [2.24, 2.45) is 0 Å². The van der Waals surface area contributed by atoms with Gasteiger partial charge in [-0.25, -0.2) is 9.97 Å². The Morgan fingerprint density at radius 2 is 1.66 bits per heavy atom. The van der Waals surface area contributed by atoms with Crippen molar-refractivity contribution in [2.45, 2.75) is 6.54 Å². The van der Waals surface area contributed by atoms with Crippen LogP contribution in [0.3, 0.4) is 0 Å². The second kappa shape index (κ2) is 6.75. The molecule has 0 aliphatic carbocycles. The molecule has 29 heavy (non-hydrogen) atoms. The zero-order valence-electron chi connectivity index (χ0n) is 15.8. The number of nitrogens with one attached hydrogen (secondary N) is 1. The normalized spacial score (nSPS) is 17.8. The third kappa shape index (κ3) is 2.92. The van der Waals surface area contributed by atoms with Gasteiger partial charge in [-0.2, -0.15) is 0 Å². The minimum absolute atomic E-state index is 0.206. The Balaban J connectivity index is 1.51. The lowest BCUT2D eigenvalue weighted by atomic mass is 10.0. The van der Waals surface area contributed by atoms with E-state index in [-0.39, 0.29) is 13.6 Å². The number of nitrogens with zero attached hydrogens (tertiary/aromatic N) is 3. The quantitative estimate of drug-likeness (QED) is 0.727. The third-order valence-electron chi connectivity index (χ3n) is 5.47. The predicted octanol–water partition coefficient (Wildman–Crippen LogP) is 2.16. The molecule has 4 heterocycles. The van der Waals surface area contributed by atoms with Gasteiger partial charge < -0.3 is 24.3 Å². The van der Waals surface area contributed by atoms with Crippen LogP contribution in [0.4, 0.5) is 0 Å². The summed E-state index contributed by atoms with van der Waals surface area (Å²) in [5, 5.41) is 4.24. The second-order valence-electron chi connectivity index (χ2n) is 7.28. The van der Waals surface area contributed by atoms with E-state index in [1.165, 1.54) is 0 Å². The van der Waals surface area contributed by atoms with Gasteiger partial charge in [0.15, 0.2) is 23.0 Å². The van der Waals surface area contributed by atoms with E-state index in [0.29, 0.717) is 12.3 Å². The lowest BCUT2D eigenvalue weighted by Gasteiger charge is -2.26. The van der Waals surface area contributed by atoms with E-state index < -0.39 is 0 Å². The maximum atomic E-state index is 5.78. The van der Waals surface area contributed by atoms with Gasteiger partial charge in [-0.1, -0.05) is 0 Å². The second-order valence-corrected chi connectivity index (χ2v) is 7.28. The van der Waals surface area contributed by atoms with Gasteiger partial charge in [0.2, 0.25) is 13.6 Å². The van der Waals surface area contributed by atoms with Crippen LogP contribution in [0.15, 0.2) is 30.3 Å². The van der Waals surface area contributed by atoms with Crippen molar-refractivity contribution >= 4 is 10.9 Å². The Labute approximate surface area is 167 Å². The topological polar surface area (TPSA) is 78.0 Å². The first-order valence-electron chi connectivity index (χ1n) is 9.77.